The molecule has 0 saturated heterocycles. The summed E-state index contributed by atoms with van der Waals surface area (Å²) < 4.78 is 0. The fourth-order valence-electron chi connectivity index (χ4n) is 2.97. The third-order valence-corrected chi connectivity index (χ3v) is 5.04. The number of hydrogen-bond acceptors (Lipinski definition) is 1. The minimum atomic E-state index is 0.322. The second kappa shape index (κ2) is 4.99. The molecule has 0 aromatic rings. The highest BCUT2D eigenvalue weighted by atomic mass is 16.2. The molecule has 0 unspecified atom stereocenters. The van der Waals surface area contributed by atoms with Gasteiger partial charge < -0.3 is 5.32 Å². The molecule has 2 fully saturated rings. The van der Waals surface area contributed by atoms with Crippen molar-refractivity contribution in [2.24, 2.45) is 17.3 Å². The van der Waals surface area contributed by atoms with Crippen LogP contribution >= 0.6 is 0 Å². The zero-order chi connectivity index (χ0) is 12.5. The zero-order valence-electron chi connectivity index (χ0n) is 11.6. The van der Waals surface area contributed by atoms with Gasteiger partial charge in [-0.15, -0.1) is 0 Å². The molecule has 2 aliphatic carbocycles. The molecular weight excluding hydrogens is 210 g/mol. The van der Waals surface area contributed by atoms with Gasteiger partial charge in [0, 0.05) is 12.0 Å². The lowest BCUT2D eigenvalue weighted by atomic mass is 9.69. The van der Waals surface area contributed by atoms with Crippen molar-refractivity contribution in [1.29, 1.82) is 0 Å². The van der Waals surface area contributed by atoms with Gasteiger partial charge >= 0.3 is 0 Å². The first-order valence-corrected chi connectivity index (χ1v) is 7.33. The summed E-state index contributed by atoms with van der Waals surface area (Å²) in [6.45, 7) is 7.07. The molecule has 0 bridgehead atoms. The summed E-state index contributed by atoms with van der Waals surface area (Å²) in [5.74, 6) is 1.53. The Morgan fingerprint density at radius 3 is 2.18 bits per heavy atom. The lowest BCUT2D eigenvalue weighted by molar-refractivity contribution is -0.123. The van der Waals surface area contributed by atoms with Crippen LogP contribution in [0.15, 0.2) is 0 Å². The number of carbonyl (C=O) groups is 1. The van der Waals surface area contributed by atoms with E-state index in [4.69, 9.17) is 0 Å². The molecule has 17 heavy (non-hydrogen) atoms. The molecule has 0 heterocycles. The van der Waals surface area contributed by atoms with Crippen molar-refractivity contribution in [2.75, 3.05) is 0 Å². The average molecular weight is 237 g/mol. The van der Waals surface area contributed by atoms with Crippen LogP contribution in [0, 0.1) is 17.3 Å². The lowest BCUT2D eigenvalue weighted by Crippen LogP contribution is -2.40. The summed E-state index contributed by atoms with van der Waals surface area (Å²) in [6.07, 6.45) is 8.44. The maximum atomic E-state index is 11.7. The van der Waals surface area contributed by atoms with Crippen LogP contribution in [0.25, 0.3) is 0 Å². The Labute approximate surface area is 106 Å². The molecule has 2 heteroatoms. The maximum Gasteiger partial charge on any atom is 0.223 e. The number of amides is 1. The van der Waals surface area contributed by atoms with Crippen LogP contribution in [-0.4, -0.2) is 11.9 Å². The maximum absolute atomic E-state index is 11.7. The SMILES string of the molecule is CCC(C)(C)C1CCC(NC(=O)C2CC2)CC1. The summed E-state index contributed by atoms with van der Waals surface area (Å²) in [6, 6.07) is 0.465. The molecule has 2 nitrogen and oxygen atoms in total. The van der Waals surface area contributed by atoms with Gasteiger partial charge in [0.15, 0.2) is 0 Å². The first-order valence-electron chi connectivity index (χ1n) is 7.33. The fourth-order valence-corrected chi connectivity index (χ4v) is 2.97. The zero-order valence-corrected chi connectivity index (χ0v) is 11.6. The topological polar surface area (TPSA) is 29.1 Å². The predicted molar refractivity (Wildman–Crippen MR) is 70.7 cm³/mol. The Bertz CT molecular complexity index is 273. The van der Waals surface area contributed by atoms with E-state index in [1.165, 1.54) is 32.1 Å². The van der Waals surface area contributed by atoms with E-state index < -0.39 is 0 Å². The number of carbonyl (C=O) groups excluding carboxylic acids is 1. The van der Waals surface area contributed by atoms with Crippen molar-refractivity contribution in [2.45, 2.75) is 71.8 Å². The minimum absolute atomic E-state index is 0.322. The first kappa shape index (κ1) is 12.9. The van der Waals surface area contributed by atoms with Crippen LogP contribution in [0.5, 0.6) is 0 Å². The van der Waals surface area contributed by atoms with Crippen molar-refractivity contribution in [3.63, 3.8) is 0 Å². The van der Waals surface area contributed by atoms with Crippen LogP contribution in [0.1, 0.15) is 65.7 Å². The Hall–Kier alpha value is -0.530. The predicted octanol–water partition coefficient (Wildman–Crippen LogP) is 3.51. The second-order valence-electron chi connectivity index (χ2n) is 6.67. The van der Waals surface area contributed by atoms with Crippen molar-refractivity contribution < 1.29 is 4.79 Å². The van der Waals surface area contributed by atoms with Gasteiger partial charge in [-0.05, 0) is 49.9 Å². The van der Waals surface area contributed by atoms with E-state index >= 15 is 0 Å². The Morgan fingerprint density at radius 1 is 1.12 bits per heavy atom. The van der Waals surface area contributed by atoms with E-state index in [1.807, 2.05) is 0 Å². The van der Waals surface area contributed by atoms with E-state index in [0.29, 0.717) is 23.3 Å². The molecule has 2 aliphatic rings. The fraction of sp³-hybridized carbons (Fsp3) is 0.933. The van der Waals surface area contributed by atoms with Gasteiger partial charge in [0.25, 0.3) is 0 Å². The highest BCUT2D eigenvalue weighted by molar-refractivity contribution is 5.81. The van der Waals surface area contributed by atoms with Gasteiger partial charge in [-0.1, -0.05) is 27.2 Å². The summed E-state index contributed by atoms with van der Waals surface area (Å²) in [5.41, 5.74) is 0.478. The van der Waals surface area contributed by atoms with Crippen LogP contribution in [0.2, 0.25) is 0 Å². The van der Waals surface area contributed by atoms with Crippen LogP contribution in [-0.2, 0) is 4.79 Å². The van der Waals surface area contributed by atoms with E-state index in [2.05, 4.69) is 26.1 Å². The van der Waals surface area contributed by atoms with E-state index in [9.17, 15) is 4.79 Å². The molecule has 0 aliphatic heterocycles. The summed E-state index contributed by atoms with van der Waals surface area (Å²) in [4.78, 5) is 11.7. The average Bonchev–Trinajstić information content (AvgIpc) is 3.13. The molecule has 2 saturated carbocycles. The minimum Gasteiger partial charge on any atom is -0.353 e. The quantitative estimate of drug-likeness (QED) is 0.796. The van der Waals surface area contributed by atoms with Crippen LogP contribution in [0.3, 0.4) is 0 Å². The first-order chi connectivity index (χ1) is 8.03. The third-order valence-electron chi connectivity index (χ3n) is 5.04. The van der Waals surface area contributed by atoms with Gasteiger partial charge in [-0.3, -0.25) is 4.79 Å². The monoisotopic (exact) mass is 237 g/mol. The van der Waals surface area contributed by atoms with Crippen molar-refractivity contribution in [3.05, 3.63) is 0 Å². The third kappa shape index (κ3) is 3.23. The van der Waals surface area contributed by atoms with E-state index in [-0.39, 0.29) is 0 Å². The van der Waals surface area contributed by atoms with Crippen molar-refractivity contribution in [3.8, 4) is 0 Å². The summed E-state index contributed by atoms with van der Waals surface area (Å²) >= 11 is 0. The van der Waals surface area contributed by atoms with Gasteiger partial charge in [0.2, 0.25) is 5.91 Å². The van der Waals surface area contributed by atoms with Gasteiger partial charge in [-0.25, -0.2) is 0 Å². The van der Waals surface area contributed by atoms with E-state index in [0.717, 1.165) is 18.8 Å². The van der Waals surface area contributed by atoms with Crippen LogP contribution in [0.4, 0.5) is 0 Å². The molecule has 98 valence electrons. The largest absolute Gasteiger partial charge is 0.353 e. The van der Waals surface area contributed by atoms with Crippen molar-refractivity contribution in [1.82, 2.24) is 5.32 Å². The standard InChI is InChI=1S/C15H27NO/c1-4-15(2,3)12-7-9-13(10-8-12)16-14(17)11-5-6-11/h11-13H,4-10H2,1-3H3,(H,16,17). The summed E-state index contributed by atoms with van der Waals surface area (Å²) in [5, 5.41) is 3.23. The molecule has 2 rings (SSSR count). The Morgan fingerprint density at radius 2 is 1.71 bits per heavy atom. The number of hydrogen-bond donors (Lipinski definition) is 1. The van der Waals surface area contributed by atoms with Crippen LogP contribution < -0.4 is 5.32 Å². The van der Waals surface area contributed by atoms with E-state index in [1.54, 1.807) is 0 Å². The van der Waals surface area contributed by atoms with Crippen molar-refractivity contribution >= 4 is 5.91 Å². The van der Waals surface area contributed by atoms with Gasteiger partial charge in [0.05, 0.1) is 0 Å². The highest BCUT2D eigenvalue weighted by Gasteiger charge is 2.34. The van der Waals surface area contributed by atoms with Gasteiger partial charge in [0.1, 0.15) is 0 Å². The molecule has 0 spiro atoms. The smallest absolute Gasteiger partial charge is 0.223 e. The molecule has 0 atom stereocenters. The van der Waals surface area contributed by atoms with Gasteiger partial charge in [-0.2, -0.15) is 0 Å². The Balaban J connectivity index is 1.75. The molecule has 0 aromatic heterocycles. The molecule has 0 aromatic carbocycles. The second-order valence-corrected chi connectivity index (χ2v) is 6.67. The molecule has 1 N–H and O–H groups in total. The number of nitrogens with one attached hydrogen (secondary N) is 1. The number of rotatable bonds is 4. The Kier molecular flexibility index (Phi) is 3.79. The summed E-state index contributed by atoms with van der Waals surface area (Å²) in [7, 11) is 0. The lowest BCUT2D eigenvalue weighted by Gasteiger charge is -2.39. The molecular formula is C15H27NO. The molecule has 0 radical (unpaired) electrons. The normalized spacial score (nSPS) is 30.1. The molecule has 1 amide bonds. The highest BCUT2D eigenvalue weighted by Crippen LogP contribution is 2.40.